The van der Waals surface area contributed by atoms with Gasteiger partial charge in [0, 0.05) is 31.4 Å². The summed E-state index contributed by atoms with van der Waals surface area (Å²) in [5.74, 6) is 0.454. The van der Waals surface area contributed by atoms with Gasteiger partial charge in [0.15, 0.2) is 0 Å². The van der Waals surface area contributed by atoms with E-state index in [4.69, 9.17) is 9.97 Å². The number of rotatable bonds is 5. The predicted molar refractivity (Wildman–Crippen MR) is 117 cm³/mol. The maximum Gasteiger partial charge on any atom is 0.279 e. The molecule has 0 aromatic carbocycles. The lowest BCUT2D eigenvalue weighted by molar-refractivity contribution is -0.133. The van der Waals surface area contributed by atoms with Crippen molar-refractivity contribution in [1.29, 1.82) is 0 Å². The molecule has 30 heavy (non-hydrogen) atoms. The molecule has 164 valence electrons. The molecule has 1 atom stereocenters. The van der Waals surface area contributed by atoms with Gasteiger partial charge in [0.25, 0.3) is 5.91 Å². The third kappa shape index (κ3) is 4.82. The topological polar surface area (TPSA) is 78.4 Å². The van der Waals surface area contributed by atoms with E-state index in [2.05, 4.69) is 24.1 Å². The zero-order valence-corrected chi connectivity index (χ0v) is 18.4. The second-order valence-corrected chi connectivity index (χ2v) is 9.32. The molecule has 1 aromatic rings. The van der Waals surface area contributed by atoms with E-state index in [0.717, 1.165) is 63.9 Å². The van der Waals surface area contributed by atoms with E-state index >= 15 is 0 Å². The van der Waals surface area contributed by atoms with Crippen LogP contribution in [-0.2, 0) is 4.79 Å². The molecular weight excluding hydrogens is 378 g/mol. The molecule has 4 rings (SSSR count). The van der Waals surface area contributed by atoms with Crippen molar-refractivity contribution < 1.29 is 9.59 Å². The van der Waals surface area contributed by atoms with Crippen LogP contribution < -0.4 is 10.2 Å². The molecule has 7 heteroatoms. The normalized spacial score (nSPS) is 22.6. The van der Waals surface area contributed by atoms with Gasteiger partial charge in [0.2, 0.25) is 11.9 Å². The maximum absolute atomic E-state index is 13.6. The number of anilines is 1. The summed E-state index contributed by atoms with van der Waals surface area (Å²) in [7, 11) is 0. The monoisotopic (exact) mass is 413 g/mol. The second kappa shape index (κ2) is 9.41. The van der Waals surface area contributed by atoms with Gasteiger partial charge in [-0.15, -0.1) is 0 Å². The van der Waals surface area contributed by atoms with Crippen LogP contribution in [-0.4, -0.2) is 58.9 Å². The zero-order valence-electron chi connectivity index (χ0n) is 18.4. The fraction of sp³-hybridized carbons (Fsp3) is 0.739. The average molecular weight is 414 g/mol. The number of amides is 2. The summed E-state index contributed by atoms with van der Waals surface area (Å²) in [6.45, 7) is 7.63. The number of nitrogens with zero attached hydrogens (tertiary/aromatic N) is 4. The first-order valence-electron chi connectivity index (χ1n) is 11.8. The van der Waals surface area contributed by atoms with E-state index in [1.807, 2.05) is 0 Å². The smallest absolute Gasteiger partial charge is 0.279 e. The highest BCUT2D eigenvalue weighted by molar-refractivity contribution is 6.05. The third-order valence-corrected chi connectivity index (χ3v) is 6.45. The molecule has 2 aliphatic heterocycles. The van der Waals surface area contributed by atoms with Gasteiger partial charge < -0.3 is 10.2 Å². The van der Waals surface area contributed by atoms with Gasteiger partial charge in [-0.1, -0.05) is 26.7 Å². The van der Waals surface area contributed by atoms with Crippen LogP contribution in [0.1, 0.15) is 87.3 Å². The minimum atomic E-state index is -0.242. The number of nitrogens with one attached hydrogen (secondary N) is 1. The predicted octanol–water partition coefficient (Wildman–Crippen LogP) is 3.11. The van der Waals surface area contributed by atoms with E-state index in [0.29, 0.717) is 18.2 Å². The lowest BCUT2D eigenvalue weighted by Gasteiger charge is -2.29. The van der Waals surface area contributed by atoms with Gasteiger partial charge in [0.1, 0.15) is 5.69 Å². The highest BCUT2D eigenvalue weighted by Crippen LogP contribution is 2.31. The molecule has 1 aliphatic carbocycles. The largest absolute Gasteiger partial charge is 0.341 e. The Morgan fingerprint density at radius 1 is 1.07 bits per heavy atom. The molecule has 0 spiro atoms. The standard InChI is InChI=1S/C23H35N5O2/c1-16(2)19-14-20(26-23(25-19)27-12-5-3-4-6-13-27)22(30)28(18-9-10-18)21(29)17-8-7-11-24-15-17/h14,16-18,24H,3-13,15H2,1-2H3. The van der Waals surface area contributed by atoms with Crippen molar-refractivity contribution in [3.63, 3.8) is 0 Å². The van der Waals surface area contributed by atoms with Crippen LogP contribution in [0.15, 0.2) is 6.07 Å². The van der Waals surface area contributed by atoms with Crippen LogP contribution >= 0.6 is 0 Å². The summed E-state index contributed by atoms with van der Waals surface area (Å²) in [6.07, 6.45) is 8.34. The summed E-state index contributed by atoms with van der Waals surface area (Å²) < 4.78 is 0. The maximum atomic E-state index is 13.6. The molecular formula is C23H35N5O2. The highest BCUT2D eigenvalue weighted by atomic mass is 16.2. The lowest BCUT2D eigenvalue weighted by Crippen LogP contribution is -2.47. The van der Waals surface area contributed by atoms with Crippen molar-refractivity contribution in [2.75, 3.05) is 31.1 Å². The fourth-order valence-electron chi connectivity index (χ4n) is 4.43. The SMILES string of the molecule is CC(C)c1cc(C(=O)N(C(=O)C2CCCNC2)C2CC2)nc(N2CCCCCC2)n1. The van der Waals surface area contributed by atoms with Gasteiger partial charge in [-0.25, -0.2) is 9.97 Å². The first kappa shape index (κ1) is 21.2. The summed E-state index contributed by atoms with van der Waals surface area (Å²) in [6, 6.07) is 1.84. The Hall–Kier alpha value is -2.02. The van der Waals surface area contributed by atoms with Crippen LogP contribution in [0.3, 0.4) is 0 Å². The molecule has 1 aromatic heterocycles. The van der Waals surface area contributed by atoms with E-state index < -0.39 is 0 Å². The zero-order chi connectivity index (χ0) is 21.1. The summed E-state index contributed by atoms with van der Waals surface area (Å²) in [4.78, 5) is 40.0. The molecule has 3 aliphatic rings. The molecule has 7 nitrogen and oxygen atoms in total. The van der Waals surface area contributed by atoms with Gasteiger partial charge in [-0.05, 0) is 57.1 Å². The number of hydrogen-bond acceptors (Lipinski definition) is 6. The van der Waals surface area contributed by atoms with E-state index in [1.54, 1.807) is 6.07 Å². The minimum absolute atomic E-state index is 0.0317. The van der Waals surface area contributed by atoms with Crippen molar-refractivity contribution in [3.05, 3.63) is 17.5 Å². The Balaban J connectivity index is 1.63. The second-order valence-electron chi connectivity index (χ2n) is 9.32. The van der Waals surface area contributed by atoms with Crippen LogP contribution in [0.2, 0.25) is 0 Å². The highest BCUT2D eigenvalue weighted by Gasteiger charge is 2.41. The van der Waals surface area contributed by atoms with E-state index in [1.165, 1.54) is 17.7 Å². The number of carbonyl (C=O) groups is 2. The minimum Gasteiger partial charge on any atom is -0.341 e. The molecule has 1 unspecified atom stereocenters. The molecule has 3 fully saturated rings. The van der Waals surface area contributed by atoms with Gasteiger partial charge in [-0.3, -0.25) is 14.5 Å². The number of hydrogen-bond donors (Lipinski definition) is 1. The van der Waals surface area contributed by atoms with Crippen LogP contribution in [0.4, 0.5) is 5.95 Å². The lowest BCUT2D eigenvalue weighted by atomic mass is 9.97. The quantitative estimate of drug-likeness (QED) is 0.748. The molecule has 0 bridgehead atoms. The van der Waals surface area contributed by atoms with E-state index in [9.17, 15) is 9.59 Å². The fourth-order valence-corrected chi connectivity index (χ4v) is 4.43. The number of imide groups is 1. The summed E-state index contributed by atoms with van der Waals surface area (Å²) in [5.41, 5.74) is 1.24. The first-order valence-corrected chi connectivity index (χ1v) is 11.8. The Bertz CT molecular complexity index is 763. The van der Waals surface area contributed by atoms with Crippen LogP contribution in [0.25, 0.3) is 0 Å². The number of carbonyl (C=O) groups excluding carboxylic acids is 2. The Labute approximate surface area is 179 Å². The van der Waals surface area contributed by atoms with Crippen LogP contribution in [0, 0.1) is 5.92 Å². The van der Waals surface area contributed by atoms with Gasteiger partial charge in [-0.2, -0.15) is 0 Å². The Morgan fingerprint density at radius 3 is 2.40 bits per heavy atom. The Kier molecular flexibility index (Phi) is 6.66. The van der Waals surface area contributed by atoms with E-state index in [-0.39, 0.29) is 29.7 Å². The molecule has 1 saturated carbocycles. The Morgan fingerprint density at radius 2 is 1.80 bits per heavy atom. The molecule has 2 amide bonds. The van der Waals surface area contributed by atoms with Crippen molar-refractivity contribution >= 4 is 17.8 Å². The van der Waals surface area contributed by atoms with Gasteiger partial charge in [0.05, 0.1) is 5.92 Å². The van der Waals surface area contributed by atoms with Crippen molar-refractivity contribution in [1.82, 2.24) is 20.2 Å². The summed E-state index contributed by atoms with van der Waals surface area (Å²) in [5, 5.41) is 3.30. The van der Waals surface area contributed by atoms with Crippen LogP contribution in [0.5, 0.6) is 0 Å². The molecule has 2 saturated heterocycles. The summed E-state index contributed by atoms with van der Waals surface area (Å²) >= 11 is 0. The molecule has 1 N–H and O–H groups in total. The molecule has 0 radical (unpaired) electrons. The van der Waals surface area contributed by atoms with Crippen molar-refractivity contribution in [2.24, 2.45) is 5.92 Å². The third-order valence-electron chi connectivity index (χ3n) is 6.45. The average Bonchev–Trinajstić information content (AvgIpc) is 3.61. The first-order chi connectivity index (χ1) is 14.5. The number of piperidine rings is 1. The van der Waals surface area contributed by atoms with Crippen molar-refractivity contribution in [2.45, 2.75) is 77.2 Å². The van der Waals surface area contributed by atoms with Crippen molar-refractivity contribution in [3.8, 4) is 0 Å². The van der Waals surface area contributed by atoms with Gasteiger partial charge >= 0.3 is 0 Å². The number of aromatic nitrogens is 2. The molecule has 3 heterocycles.